The first-order chi connectivity index (χ1) is 11.7. The maximum absolute atomic E-state index is 5.06. The molecule has 0 spiro atoms. The summed E-state index contributed by atoms with van der Waals surface area (Å²) < 4.78 is 5.80. The lowest BCUT2D eigenvalue weighted by atomic mass is 9.99. The van der Waals surface area contributed by atoms with Gasteiger partial charge in [0.1, 0.15) is 22.4 Å². The minimum absolute atomic E-state index is 0.127. The van der Waals surface area contributed by atoms with E-state index in [0.717, 1.165) is 11.3 Å². The van der Waals surface area contributed by atoms with Crippen molar-refractivity contribution in [2.75, 3.05) is 0 Å². The minimum atomic E-state index is 0.127. The van der Waals surface area contributed by atoms with Gasteiger partial charge in [-0.25, -0.2) is 0 Å². The fourth-order valence-electron chi connectivity index (χ4n) is 3.58. The summed E-state index contributed by atoms with van der Waals surface area (Å²) in [5, 5.41) is 0. The molecule has 0 radical (unpaired) electrons. The van der Waals surface area contributed by atoms with E-state index < -0.39 is 0 Å². The number of hydrogen-bond donors (Lipinski definition) is 0. The number of halogens is 1. The van der Waals surface area contributed by atoms with E-state index in [9.17, 15) is 0 Å². The first kappa shape index (κ1) is 14.2. The molecule has 1 atom stereocenters. The number of benzene rings is 2. The Bertz CT molecular complexity index is 1170. The van der Waals surface area contributed by atoms with Crippen molar-refractivity contribution in [2.24, 2.45) is 4.99 Å². The van der Waals surface area contributed by atoms with Gasteiger partial charge in [0.25, 0.3) is 0 Å². The van der Waals surface area contributed by atoms with Gasteiger partial charge in [-0.3, -0.25) is 0 Å². The van der Waals surface area contributed by atoms with Crippen molar-refractivity contribution < 1.29 is 4.24 Å². The molecule has 4 heteroatoms. The zero-order valence-electron chi connectivity index (χ0n) is 13.1. The lowest BCUT2D eigenvalue weighted by Crippen LogP contribution is -2.38. The normalized spacial score (nSPS) is 18.3. The standard InChI is InChI=1S/C20H15IN3/c1-13-6-5-9-17-19(13)22-20-23(15-7-3-2-4-8-15)16-11-10-14(21)12-18(16)24(17)20/h2-12,19H,1H3/q+1. The van der Waals surface area contributed by atoms with Crippen LogP contribution in [0.5, 0.6) is 0 Å². The van der Waals surface area contributed by atoms with Crippen molar-refractivity contribution >= 4 is 33.6 Å². The number of nitrogens with zero attached hydrogens (tertiary/aromatic N) is 3. The molecule has 2 aliphatic rings. The third-order valence-corrected chi connectivity index (χ3v) is 5.34. The number of imidazole rings is 1. The number of allylic oxidation sites excluding steroid dienone is 2. The maximum Gasteiger partial charge on any atom is 0.405 e. The van der Waals surface area contributed by atoms with Gasteiger partial charge in [0.2, 0.25) is 0 Å². The average molecular weight is 424 g/mol. The second-order valence-corrected chi connectivity index (χ2v) is 7.41. The minimum Gasteiger partial charge on any atom is -0.192 e. The van der Waals surface area contributed by atoms with Gasteiger partial charge in [-0.1, -0.05) is 35.3 Å². The van der Waals surface area contributed by atoms with E-state index >= 15 is 0 Å². The number of aromatic nitrogens is 2. The first-order valence-corrected chi connectivity index (χ1v) is 9.06. The molecule has 3 aromatic rings. The van der Waals surface area contributed by atoms with Crippen LogP contribution in [-0.2, 0) is 0 Å². The van der Waals surface area contributed by atoms with Crippen LogP contribution in [0, 0.1) is 9.28 Å². The van der Waals surface area contributed by atoms with Crippen LogP contribution in [0.25, 0.3) is 16.7 Å². The molecule has 1 unspecified atom stereocenters. The van der Waals surface area contributed by atoms with Crippen molar-refractivity contribution in [3.63, 3.8) is 0 Å². The summed E-state index contributed by atoms with van der Waals surface area (Å²) in [5.41, 5.74) is 7.07. The maximum atomic E-state index is 5.06. The highest BCUT2D eigenvalue weighted by atomic mass is 127. The van der Waals surface area contributed by atoms with Crippen molar-refractivity contribution in [3.05, 3.63) is 87.2 Å². The van der Waals surface area contributed by atoms with Crippen molar-refractivity contribution in [1.82, 2.24) is 4.57 Å². The van der Waals surface area contributed by atoms with E-state index in [-0.39, 0.29) is 6.04 Å². The molecule has 5 rings (SSSR count). The van der Waals surface area contributed by atoms with E-state index in [1.165, 1.54) is 25.9 Å². The van der Waals surface area contributed by atoms with Gasteiger partial charge < -0.3 is 0 Å². The van der Waals surface area contributed by atoms with Crippen LogP contribution in [0.15, 0.2) is 77.3 Å². The highest BCUT2D eigenvalue weighted by Crippen LogP contribution is 2.23. The van der Waals surface area contributed by atoms with Gasteiger partial charge in [0.05, 0.1) is 0 Å². The third kappa shape index (κ3) is 1.89. The van der Waals surface area contributed by atoms with Gasteiger partial charge >= 0.3 is 5.62 Å². The van der Waals surface area contributed by atoms with Crippen LogP contribution in [-0.4, -0.2) is 10.6 Å². The zero-order chi connectivity index (χ0) is 16.3. The van der Waals surface area contributed by atoms with Crippen LogP contribution in [0.4, 0.5) is 0 Å². The largest absolute Gasteiger partial charge is 0.405 e. The molecular weight excluding hydrogens is 409 g/mol. The summed E-state index contributed by atoms with van der Waals surface area (Å²) in [7, 11) is 0. The molecule has 3 nitrogen and oxygen atoms in total. The highest BCUT2D eigenvalue weighted by Gasteiger charge is 2.33. The van der Waals surface area contributed by atoms with E-state index in [2.05, 4.69) is 99.0 Å². The number of rotatable bonds is 1. The number of fused-ring (bicyclic) bond motifs is 4. The lowest BCUT2D eigenvalue weighted by Gasteiger charge is -2.08. The monoisotopic (exact) mass is 424 g/mol. The van der Waals surface area contributed by atoms with Crippen molar-refractivity contribution in [1.29, 1.82) is 0 Å². The molecule has 0 fully saturated rings. The topological polar surface area (TPSA) is 23.2 Å². The molecule has 116 valence electrons. The smallest absolute Gasteiger partial charge is 0.192 e. The predicted octanol–water partition coefficient (Wildman–Crippen LogP) is 3.42. The second kappa shape index (κ2) is 5.14. The summed E-state index contributed by atoms with van der Waals surface area (Å²) in [6, 6.07) is 17.2. The molecule has 24 heavy (non-hydrogen) atoms. The summed E-state index contributed by atoms with van der Waals surface area (Å²) in [6.07, 6.45) is 6.47. The van der Waals surface area contributed by atoms with Gasteiger partial charge in [-0.2, -0.15) is 8.81 Å². The Hall–Kier alpha value is -2.21. The Balaban J connectivity index is 2.00. The van der Waals surface area contributed by atoms with E-state index in [4.69, 9.17) is 4.99 Å². The molecule has 1 aromatic heterocycles. The van der Waals surface area contributed by atoms with E-state index in [1.54, 1.807) is 0 Å². The van der Waals surface area contributed by atoms with Gasteiger partial charge in [0, 0.05) is 3.57 Å². The average Bonchev–Trinajstić information content (AvgIpc) is 3.11. The van der Waals surface area contributed by atoms with Crippen LogP contribution in [0.3, 0.4) is 0 Å². The van der Waals surface area contributed by atoms with E-state index in [0.29, 0.717) is 0 Å². The van der Waals surface area contributed by atoms with Gasteiger partial charge in [0.15, 0.2) is 6.04 Å². The predicted molar refractivity (Wildman–Crippen MR) is 103 cm³/mol. The molecular formula is C20H15IN3+. The Morgan fingerprint density at radius 3 is 2.79 bits per heavy atom. The van der Waals surface area contributed by atoms with Crippen LogP contribution < -0.4 is 9.86 Å². The number of hydrogen-bond acceptors (Lipinski definition) is 1. The quantitative estimate of drug-likeness (QED) is 0.422. The Morgan fingerprint density at radius 1 is 1.12 bits per heavy atom. The SMILES string of the molecule is CC1=CC=CC2=[n+]3c(n(-c4ccccc4)c4ccc(I)cc43)=NC12. The Labute approximate surface area is 153 Å². The Morgan fingerprint density at radius 2 is 1.96 bits per heavy atom. The van der Waals surface area contributed by atoms with Gasteiger partial charge in [-0.15, -0.1) is 0 Å². The molecule has 0 saturated carbocycles. The van der Waals surface area contributed by atoms with Crippen LogP contribution in [0.2, 0.25) is 0 Å². The molecule has 0 N–H and O–H groups in total. The highest BCUT2D eigenvalue weighted by molar-refractivity contribution is 14.1. The lowest BCUT2D eigenvalue weighted by molar-refractivity contribution is -0.504. The summed E-state index contributed by atoms with van der Waals surface area (Å²) in [4.78, 5) is 5.06. The molecule has 1 aliphatic carbocycles. The Kier molecular flexibility index (Phi) is 3.03. The first-order valence-electron chi connectivity index (χ1n) is 7.98. The molecule has 0 amide bonds. The summed E-state index contributed by atoms with van der Waals surface area (Å²) in [5.74, 6) is 0. The van der Waals surface area contributed by atoms with Gasteiger partial charge in [-0.05, 0) is 71.5 Å². The summed E-state index contributed by atoms with van der Waals surface area (Å²) in [6.45, 7) is 2.16. The molecule has 0 saturated heterocycles. The summed E-state index contributed by atoms with van der Waals surface area (Å²) >= 11 is 2.38. The molecule has 0 bridgehead atoms. The zero-order valence-corrected chi connectivity index (χ0v) is 15.3. The van der Waals surface area contributed by atoms with Crippen LogP contribution >= 0.6 is 22.6 Å². The van der Waals surface area contributed by atoms with Crippen LogP contribution in [0.1, 0.15) is 6.92 Å². The number of para-hydroxylation sites is 1. The third-order valence-electron chi connectivity index (χ3n) is 4.67. The second-order valence-electron chi connectivity index (χ2n) is 6.17. The van der Waals surface area contributed by atoms with E-state index in [1.807, 2.05) is 6.07 Å². The molecule has 2 aromatic carbocycles. The molecule has 2 heterocycles. The van der Waals surface area contributed by atoms with Crippen molar-refractivity contribution in [3.8, 4) is 5.69 Å². The van der Waals surface area contributed by atoms with Crippen molar-refractivity contribution in [2.45, 2.75) is 13.0 Å². The fourth-order valence-corrected chi connectivity index (χ4v) is 4.05. The molecule has 1 aliphatic heterocycles. The fraction of sp³-hybridized carbons (Fsp3) is 0.100.